The number of amides is 1. The van der Waals surface area contributed by atoms with Gasteiger partial charge in [0.25, 0.3) is 0 Å². The van der Waals surface area contributed by atoms with Gasteiger partial charge in [-0.3, -0.25) is 9.69 Å². The second kappa shape index (κ2) is 8.26. The van der Waals surface area contributed by atoms with Crippen molar-refractivity contribution in [1.82, 2.24) is 30.4 Å². The Balaban J connectivity index is 1.45. The van der Waals surface area contributed by atoms with E-state index in [-0.39, 0.29) is 18.0 Å². The first-order valence-electron chi connectivity index (χ1n) is 9.57. The molecule has 2 aromatic heterocycles. The zero-order valence-corrected chi connectivity index (χ0v) is 15.8. The number of hydrogen-bond donors (Lipinski definition) is 1. The topological polar surface area (TPSA) is 75.9 Å². The van der Waals surface area contributed by atoms with E-state index in [9.17, 15) is 4.79 Å². The number of carbonyl (C=O) groups is 1. The van der Waals surface area contributed by atoms with Gasteiger partial charge in [0, 0.05) is 19.1 Å². The van der Waals surface area contributed by atoms with Gasteiger partial charge in [0.05, 0.1) is 12.1 Å². The van der Waals surface area contributed by atoms with Crippen LogP contribution in [0.25, 0.3) is 0 Å². The first-order chi connectivity index (χ1) is 12.8. The predicted molar refractivity (Wildman–Crippen MR) is 99.6 cm³/mol. The number of rotatable bonds is 5. The van der Waals surface area contributed by atoms with E-state index in [1.807, 2.05) is 0 Å². The van der Waals surface area contributed by atoms with Crippen LogP contribution in [-0.2, 0) is 11.3 Å². The van der Waals surface area contributed by atoms with Crippen LogP contribution in [0.5, 0.6) is 0 Å². The van der Waals surface area contributed by atoms with Crippen molar-refractivity contribution in [1.29, 1.82) is 0 Å². The molecule has 0 bridgehead atoms. The maximum absolute atomic E-state index is 13.1. The molecule has 0 aromatic carbocycles. The van der Waals surface area contributed by atoms with Crippen molar-refractivity contribution in [2.45, 2.75) is 69.6 Å². The first kappa shape index (κ1) is 17.6. The van der Waals surface area contributed by atoms with Crippen LogP contribution in [0.2, 0.25) is 0 Å². The molecule has 1 saturated heterocycles. The fourth-order valence-corrected chi connectivity index (χ4v) is 4.85. The van der Waals surface area contributed by atoms with Gasteiger partial charge >= 0.3 is 0 Å². The van der Waals surface area contributed by atoms with Gasteiger partial charge in [0.15, 0.2) is 0 Å². The van der Waals surface area contributed by atoms with Crippen molar-refractivity contribution in [3.63, 3.8) is 0 Å². The number of nitrogens with zero attached hydrogens (tertiary/aromatic N) is 5. The summed E-state index contributed by atoms with van der Waals surface area (Å²) >= 11 is 1.70. The van der Waals surface area contributed by atoms with Crippen LogP contribution in [0.1, 0.15) is 56.6 Å². The lowest BCUT2D eigenvalue weighted by molar-refractivity contribution is -0.126. The van der Waals surface area contributed by atoms with Crippen LogP contribution >= 0.6 is 11.3 Å². The molecule has 140 valence electrons. The Morgan fingerprint density at radius 3 is 2.81 bits per heavy atom. The standard InChI is InChI=1S/C18H26N6OS/c25-18(20-15-5-3-1-2-4-6-15)17-9-16(24-13-19-21-22-24)11-23(17)10-14-7-8-26-12-14/h7-8,12-13,15-17H,1-6,9-11H2,(H,20,25)/t16-,17+/m1/s1. The maximum Gasteiger partial charge on any atom is 0.237 e. The highest BCUT2D eigenvalue weighted by atomic mass is 32.1. The van der Waals surface area contributed by atoms with E-state index in [4.69, 9.17) is 0 Å². The van der Waals surface area contributed by atoms with E-state index in [0.29, 0.717) is 6.04 Å². The fourth-order valence-electron chi connectivity index (χ4n) is 4.19. The molecule has 2 atom stereocenters. The number of aromatic nitrogens is 4. The molecule has 0 spiro atoms. The Morgan fingerprint density at radius 1 is 1.27 bits per heavy atom. The predicted octanol–water partition coefficient (Wildman–Crippen LogP) is 2.39. The minimum absolute atomic E-state index is 0.118. The second-order valence-corrected chi connectivity index (χ2v) is 8.23. The zero-order chi connectivity index (χ0) is 17.8. The molecule has 1 N–H and O–H groups in total. The first-order valence-corrected chi connectivity index (χ1v) is 10.5. The number of tetrazole rings is 1. The molecule has 1 aliphatic heterocycles. The highest BCUT2D eigenvalue weighted by Gasteiger charge is 2.38. The summed E-state index contributed by atoms with van der Waals surface area (Å²) in [5.74, 6) is 0.169. The SMILES string of the molecule is O=C(NC1CCCCCC1)[C@@H]1C[C@@H](n2cnnn2)CN1Cc1ccsc1. The number of carbonyl (C=O) groups excluding carboxylic acids is 1. The molecule has 2 aliphatic rings. The Hall–Kier alpha value is -1.80. The van der Waals surface area contributed by atoms with Crippen molar-refractivity contribution >= 4 is 17.2 Å². The number of nitrogens with one attached hydrogen (secondary N) is 1. The normalized spacial score (nSPS) is 25.2. The molecule has 4 rings (SSSR count). The van der Waals surface area contributed by atoms with Gasteiger partial charge in [-0.1, -0.05) is 25.7 Å². The van der Waals surface area contributed by atoms with E-state index in [1.54, 1.807) is 22.3 Å². The molecule has 2 aromatic rings. The van der Waals surface area contributed by atoms with Gasteiger partial charge in [0.1, 0.15) is 6.33 Å². The molecule has 1 amide bonds. The molecule has 0 radical (unpaired) electrons. The molecule has 2 fully saturated rings. The van der Waals surface area contributed by atoms with Crippen LogP contribution in [0.4, 0.5) is 0 Å². The van der Waals surface area contributed by atoms with Gasteiger partial charge in [0.2, 0.25) is 5.91 Å². The Bertz CT molecular complexity index is 681. The molecule has 8 heteroatoms. The van der Waals surface area contributed by atoms with E-state index >= 15 is 0 Å². The van der Waals surface area contributed by atoms with Crippen LogP contribution < -0.4 is 5.32 Å². The van der Waals surface area contributed by atoms with E-state index in [2.05, 4.69) is 42.6 Å². The molecule has 1 aliphatic carbocycles. The van der Waals surface area contributed by atoms with Gasteiger partial charge in [-0.15, -0.1) is 5.10 Å². The molecule has 0 unspecified atom stereocenters. The summed E-state index contributed by atoms with van der Waals surface area (Å²) in [4.78, 5) is 15.3. The van der Waals surface area contributed by atoms with Crippen molar-refractivity contribution in [2.75, 3.05) is 6.54 Å². The Kier molecular flexibility index (Phi) is 5.59. The summed E-state index contributed by atoms with van der Waals surface area (Å²) in [5.41, 5.74) is 1.26. The van der Waals surface area contributed by atoms with Gasteiger partial charge in [-0.2, -0.15) is 11.3 Å². The summed E-state index contributed by atoms with van der Waals surface area (Å²) in [5, 5.41) is 19.1. The third-order valence-corrected chi connectivity index (χ3v) is 6.32. The molecule has 3 heterocycles. The van der Waals surface area contributed by atoms with Gasteiger partial charge in [-0.05, 0) is 52.1 Å². The van der Waals surface area contributed by atoms with Gasteiger partial charge in [-0.25, -0.2) is 4.68 Å². The average molecular weight is 375 g/mol. The largest absolute Gasteiger partial charge is 0.352 e. The van der Waals surface area contributed by atoms with Crippen LogP contribution in [0.15, 0.2) is 23.2 Å². The molecular weight excluding hydrogens is 348 g/mol. The third kappa shape index (κ3) is 4.12. The highest BCUT2D eigenvalue weighted by molar-refractivity contribution is 7.07. The summed E-state index contributed by atoms with van der Waals surface area (Å²) in [7, 11) is 0. The minimum Gasteiger partial charge on any atom is -0.352 e. The smallest absolute Gasteiger partial charge is 0.237 e. The number of likely N-dealkylation sites (tertiary alicyclic amines) is 1. The summed E-state index contributed by atoms with van der Waals surface area (Å²) in [6.07, 6.45) is 9.66. The third-order valence-electron chi connectivity index (χ3n) is 5.59. The molecule has 1 saturated carbocycles. The van der Waals surface area contributed by atoms with Gasteiger partial charge < -0.3 is 5.32 Å². The van der Waals surface area contributed by atoms with Crippen molar-refractivity contribution < 1.29 is 4.79 Å². The van der Waals surface area contributed by atoms with Crippen molar-refractivity contribution in [3.05, 3.63) is 28.7 Å². The summed E-state index contributed by atoms with van der Waals surface area (Å²) in [6.45, 7) is 1.59. The lowest BCUT2D eigenvalue weighted by Gasteiger charge is -2.25. The quantitative estimate of drug-likeness (QED) is 0.813. The minimum atomic E-state index is -0.118. The average Bonchev–Trinajstić information content (AvgIpc) is 3.36. The molecular formula is C18H26N6OS. The molecule has 7 nitrogen and oxygen atoms in total. The summed E-state index contributed by atoms with van der Waals surface area (Å²) < 4.78 is 1.79. The van der Waals surface area contributed by atoms with Crippen LogP contribution in [0.3, 0.4) is 0 Å². The van der Waals surface area contributed by atoms with Crippen LogP contribution in [0, 0.1) is 0 Å². The lowest BCUT2D eigenvalue weighted by Crippen LogP contribution is -2.46. The Labute approximate surface area is 157 Å². The highest BCUT2D eigenvalue weighted by Crippen LogP contribution is 2.29. The van der Waals surface area contributed by atoms with E-state index in [1.165, 1.54) is 31.2 Å². The van der Waals surface area contributed by atoms with Crippen molar-refractivity contribution in [2.24, 2.45) is 0 Å². The monoisotopic (exact) mass is 374 g/mol. The van der Waals surface area contributed by atoms with E-state index < -0.39 is 0 Å². The second-order valence-electron chi connectivity index (χ2n) is 7.45. The summed E-state index contributed by atoms with van der Waals surface area (Å²) in [6, 6.07) is 2.50. The maximum atomic E-state index is 13.1. The fraction of sp³-hybridized carbons (Fsp3) is 0.667. The zero-order valence-electron chi connectivity index (χ0n) is 15.0. The van der Waals surface area contributed by atoms with Crippen LogP contribution in [-0.4, -0.2) is 49.6 Å². The lowest BCUT2D eigenvalue weighted by atomic mass is 10.1. The number of thiophene rings is 1. The van der Waals surface area contributed by atoms with E-state index in [0.717, 1.165) is 32.4 Å². The number of hydrogen-bond acceptors (Lipinski definition) is 6. The Morgan fingerprint density at radius 2 is 2.12 bits per heavy atom. The van der Waals surface area contributed by atoms with Crippen molar-refractivity contribution in [3.8, 4) is 0 Å². The molecule has 26 heavy (non-hydrogen) atoms.